The number of amides is 5. The van der Waals surface area contributed by atoms with Gasteiger partial charge in [-0.25, -0.2) is 9.59 Å². The smallest absolute Gasteiger partial charge is 0.407 e. The largest absolute Gasteiger partial charge is 0.481 e. The first kappa shape index (κ1) is 138. The Hall–Kier alpha value is -10.7. The molecule has 147 heavy (non-hydrogen) atoms. The maximum atomic E-state index is 14.4. The van der Waals surface area contributed by atoms with Gasteiger partial charge in [0.05, 0.1) is 339 Å². The van der Waals surface area contributed by atoms with Gasteiger partial charge in [0, 0.05) is 68.9 Å². The fraction of sp³-hybridized carbons (Fsp3) is 0.798. The Morgan fingerprint density at radius 3 is 0.524 bits per heavy atom. The third-order valence-electron chi connectivity index (χ3n) is 19.7. The number of esters is 9. The second-order valence-electron chi connectivity index (χ2n) is 35.4. The Kier molecular flexibility index (Phi) is 77.4. The minimum Gasteiger partial charge on any atom is -0.481 e. The van der Waals surface area contributed by atoms with Gasteiger partial charge in [0.1, 0.15) is 39.4 Å². The van der Waals surface area contributed by atoms with Crippen LogP contribution >= 0.6 is 0 Å². The number of methoxy groups -OCH3 is 9. The summed E-state index contributed by atoms with van der Waals surface area (Å²) in [4.78, 5) is 235. The van der Waals surface area contributed by atoms with E-state index in [1.807, 2.05) is 0 Å². The summed E-state index contributed by atoms with van der Waals surface area (Å²) in [6, 6.07) is 0. The zero-order valence-electron chi connectivity index (χ0n) is 87.7. The predicted octanol–water partition coefficient (Wildman–Crippen LogP) is 1.95. The van der Waals surface area contributed by atoms with Crippen molar-refractivity contribution < 1.29 is 230 Å². The lowest BCUT2D eigenvalue weighted by atomic mass is 9.84. The van der Waals surface area contributed by atoms with Crippen molar-refractivity contribution >= 4 is 113 Å². The number of Topliss-reactive ketones (excluding diaryl/α,β-unsaturated/α-hetero) is 2. The molecule has 0 aromatic heterocycles. The maximum Gasteiger partial charge on any atom is 0.407 e. The van der Waals surface area contributed by atoms with Crippen LogP contribution in [0.2, 0.25) is 0 Å². The highest BCUT2D eigenvalue weighted by atomic mass is 16.6. The van der Waals surface area contributed by atoms with Gasteiger partial charge in [-0.05, 0) is 54.4 Å². The van der Waals surface area contributed by atoms with E-state index in [1.54, 1.807) is 41.5 Å². The van der Waals surface area contributed by atoms with E-state index < -0.39 is 211 Å². The van der Waals surface area contributed by atoms with Crippen LogP contribution < -0.4 is 26.6 Å². The Labute approximate surface area is 856 Å². The fourth-order valence-corrected chi connectivity index (χ4v) is 12.4. The van der Waals surface area contributed by atoms with Crippen molar-refractivity contribution in [2.24, 2.45) is 10.8 Å². The number of ether oxygens (including phenoxy) is 26. The molecule has 0 aliphatic rings. The molecule has 0 saturated carbocycles. The molecular weight excluding hydrogens is 1970 g/mol. The zero-order valence-corrected chi connectivity index (χ0v) is 87.7. The van der Waals surface area contributed by atoms with E-state index >= 15 is 0 Å². The third-order valence-corrected chi connectivity index (χ3v) is 19.7. The van der Waals surface area contributed by atoms with Gasteiger partial charge in [0.25, 0.3) is 0 Å². The number of alkyl carbamates (subject to hydrolysis) is 2. The SMILES string of the molecule is CC(C)(C)OC(=O)NCCCC(=O)CC(COCCC(=O)O)(COCCC(=O)O)COCCC(=O)O.COC(=O)CCOCC(COCCC(=O)OC)(COCCC(=O)OC)NC(=O)CCOCC(COCCC(=O)NC(COCCC(=O)OC)(COCCC(=O)OC)COCCC(=O)OC)(COCCC(=O)NC(COCCC(=O)OC)(COCCC(=O)OC)COCCC(=O)OC)CC(=O)CCCNC(=O)OC(C)(C)C. The van der Waals surface area contributed by atoms with Gasteiger partial charge in [-0.3, -0.25) is 81.5 Å². The number of carbonyl (C=O) groups excluding carboxylic acids is 16. The maximum absolute atomic E-state index is 14.4. The predicted molar refractivity (Wildman–Crippen MR) is 506 cm³/mol. The van der Waals surface area contributed by atoms with Gasteiger partial charge in [0.15, 0.2) is 0 Å². The molecule has 848 valence electrons. The number of carbonyl (C=O) groups is 19. The third kappa shape index (κ3) is 77.4. The molecule has 53 nitrogen and oxygen atoms in total. The molecule has 53 heteroatoms. The first-order chi connectivity index (χ1) is 69.6. The van der Waals surface area contributed by atoms with Gasteiger partial charge >= 0.3 is 83.8 Å². The normalized spacial score (nSPS) is 11.6. The highest BCUT2D eigenvalue weighted by molar-refractivity contribution is 5.81. The van der Waals surface area contributed by atoms with Crippen LogP contribution in [0.5, 0.6) is 0 Å². The number of hydrogen-bond donors (Lipinski definition) is 8. The molecule has 0 aromatic carbocycles. The van der Waals surface area contributed by atoms with Gasteiger partial charge in [-0.1, -0.05) is 0 Å². The molecule has 0 spiro atoms. The molecule has 0 atom stereocenters. The zero-order chi connectivity index (χ0) is 111. The summed E-state index contributed by atoms with van der Waals surface area (Å²) < 4.78 is 141. The number of rotatable bonds is 90. The van der Waals surface area contributed by atoms with Crippen LogP contribution in [0.15, 0.2) is 0 Å². The van der Waals surface area contributed by atoms with Crippen LogP contribution in [-0.4, -0.2) is 432 Å². The van der Waals surface area contributed by atoms with Crippen molar-refractivity contribution in [1.29, 1.82) is 0 Å². The van der Waals surface area contributed by atoms with Crippen molar-refractivity contribution in [3.63, 3.8) is 0 Å². The minimum absolute atomic E-state index is 0.00413. The molecule has 0 aliphatic heterocycles. The second kappa shape index (κ2) is 82.2. The van der Waals surface area contributed by atoms with Crippen molar-refractivity contribution in [3.05, 3.63) is 0 Å². The molecule has 0 unspecified atom stereocenters. The van der Waals surface area contributed by atoms with Crippen molar-refractivity contribution in [1.82, 2.24) is 26.6 Å². The van der Waals surface area contributed by atoms with Gasteiger partial charge < -0.3 is 165 Å². The summed E-state index contributed by atoms with van der Waals surface area (Å²) in [6.45, 7) is 2.36. The summed E-state index contributed by atoms with van der Waals surface area (Å²) in [5, 5.41) is 40.2. The Morgan fingerprint density at radius 1 is 0.211 bits per heavy atom. The molecule has 8 N–H and O–H groups in total. The van der Waals surface area contributed by atoms with Crippen LogP contribution in [0.1, 0.15) is 176 Å². The fourth-order valence-electron chi connectivity index (χ4n) is 12.4. The number of aliphatic carboxylic acids is 3. The first-order valence-corrected chi connectivity index (χ1v) is 47.5. The van der Waals surface area contributed by atoms with Crippen LogP contribution in [0.3, 0.4) is 0 Å². The molecule has 0 aliphatic carbocycles. The number of nitrogens with one attached hydrogen (secondary N) is 5. The number of ketones is 2. The van der Waals surface area contributed by atoms with Crippen molar-refractivity contribution in [2.75, 3.05) is 275 Å². The lowest BCUT2D eigenvalue weighted by molar-refractivity contribution is -0.145. The van der Waals surface area contributed by atoms with Crippen LogP contribution in [0.25, 0.3) is 0 Å². The quantitative estimate of drug-likeness (QED) is 0.0245. The lowest BCUT2D eigenvalue weighted by Crippen LogP contribution is -2.59. The Morgan fingerprint density at radius 2 is 0.367 bits per heavy atom. The summed E-state index contributed by atoms with van der Waals surface area (Å²) in [6.07, 6.45) is -5.20. The molecule has 0 bridgehead atoms. The molecule has 0 fully saturated rings. The molecular formula is C94H159N5O48. The van der Waals surface area contributed by atoms with Crippen molar-refractivity contribution in [2.45, 2.75) is 204 Å². The van der Waals surface area contributed by atoms with Crippen LogP contribution in [0.4, 0.5) is 9.59 Å². The number of hydrogen-bond acceptors (Lipinski definition) is 45. The topological polar surface area (TPSA) is 685 Å². The lowest BCUT2D eigenvalue weighted by Gasteiger charge is -2.35. The number of carboxylic acid groups (broad SMARTS) is 3. The van der Waals surface area contributed by atoms with E-state index in [4.69, 9.17) is 138 Å². The first-order valence-electron chi connectivity index (χ1n) is 47.5. The summed E-state index contributed by atoms with van der Waals surface area (Å²) >= 11 is 0. The standard InChI is InChI=1S/C71H120N4O36.C23H39NO12/c1-67(2,3)111-66(89)72-27-13-14-53(76)40-68(41-99-28-15-54(77)73-69(44-102-31-18-57(80)90-4,45-103-32-19-58(81)91-5)46-104-33-20-59(82)92-6,42-100-29-16-55(78)74-70(47-105-34-21-60(83)93-7,48-106-35-22-61(84)94-8)49-107-36-23-62(85)95-9)43-101-30-17-56(79)75-71(50-108-37-24-63(86)96-10,51-109-38-25-64(87)97-11)52-110-39-26-65(88)98-12;1-22(2,3)36-21(32)24-9-4-5-17(25)13-23(14-33-10-6-18(26)27,15-34-11-7-19(28)29)16-35-12-8-20(30)31/h13-52H2,1-12H3,(H,72,89)(H,73,77)(H,74,78)(H,75,79);4-16H2,1-3H3,(H,24,32)(H,26,27)(H,28,29)(H,30,31). The van der Waals surface area contributed by atoms with E-state index in [9.17, 15) is 91.1 Å². The average molecular weight is 2130 g/mol. The van der Waals surface area contributed by atoms with Crippen LogP contribution in [0, 0.1) is 10.8 Å². The Balaban J connectivity index is 0. The molecule has 5 amide bonds. The van der Waals surface area contributed by atoms with E-state index in [2.05, 4.69) is 26.6 Å². The minimum atomic E-state index is -1.56. The number of carboxylic acids is 3. The molecule has 0 radical (unpaired) electrons. The van der Waals surface area contributed by atoms with E-state index in [0.717, 1.165) is 0 Å². The molecule has 0 aromatic rings. The molecule has 0 rings (SSSR count). The van der Waals surface area contributed by atoms with E-state index in [1.165, 1.54) is 64.0 Å². The highest BCUT2D eigenvalue weighted by Gasteiger charge is 2.41. The molecule has 0 saturated heterocycles. The monoisotopic (exact) mass is 2130 g/mol. The van der Waals surface area contributed by atoms with Crippen LogP contribution in [-0.2, 0) is 205 Å². The average Bonchev–Trinajstić information content (AvgIpc) is 0.858. The van der Waals surface area contributed by atoms with Gasteiger partial charge in [-0.15, -0.1) is 0 Å². The summed E-state index contributed by atoms with van der Waals surface area (Å²) in [5.74, 6) is -11.3. The van der Waals surface area contributed by atoms with Crippen molar-refractivity contribution in [3.8, 4) is 0 Å². The molecule has 0 heterocycles. The highest BCUT2D eigenvalue weighted by Crippen LogP contribution is 2.30. The Bertz CT molecular complexity index is 3370. The second-order valence-corrected chi connectivity index (χ2v) is 35.4. The summed E-state index contributed by atoms with van der Waals surface area (Å²) in [5.41, 5.74) is -8.83. The van der Waals surface area contributed by atoms with Gasteiger partial charge in [0.2, 0.25) is 17.7 Å². The van der Waals surface area contributed by atoms with Gasteiger partial charge in [-0.2, -0.15) is 0 Å². The van der Waals surface area contributed by atoms with E-state index in [0.29, 0.717) is 6.42 Å². The summed E-state index contributed by atoms with van der Waals surface area (Å²) in [7, 11) is 10.7. The van der Waals surface area contributed by atoms with E-state index in [-0.39, 0.29) is 280 Å².